The van der Waals surface area contributed by atoms with Crippen LogP contribution in [0, 0.1) is 0 Å². The number of hydrogen-bond acceptors (Lipinski definition) is 3. The molecule has 3 nitrogen and oxygen atoms in total. The van der Waals surface area contributed by atoms with Gasteiger partial charge in [-0.25, -0.2) is 0 Å². The highest BCUT2D eigenvalue weighted by atomic mass is 16.1. The summed E-state index contributed by atoms with van der Waals surface area (Å²) in [5.74, 6) is 0.0229. The predicted molar refractivity (Wildman–Crippen MR) is 179 cm³/mol. The fraction of sp³-hybridized carbons (Fsp3) is 0.0488. The van der Waals surface area contributed by atoms with Crippen LogP contribution in [-0.2, 0) is 12.8 Å². The Kier molecular flexibility index (Phi) is 5.48. The van der Waals surface area contributed by atoms with Gasteiger partial charge in [0.2, 0.25) is 0 Å². The largest absolute Gasteiger partial charge is 0.289 e. The maximum Gasteiger partial charge on any atom is 0.194 e. The monoisotopic (exact) mass is 562 g/mol. The molecular weight excluding hydrogens is 536 g/mol. The molecule has 0 bridgehead atoms. The topological polar surface area (TPSA) is 41.8 Å². The van der Waals surface area contributed by atoms with Crippen molar-refractivity contribution in [3.63, 3.8) is 0 Å². The fourth-order valence-corrected chi connectivity index (χ4v) is 7.00. The van der Waals surface area contributed by atoms with E-state index >= 15 is 0 Å². The van der Waals surface area contributed by atoms with Gasteiger partial charge in [-0.1, -0.05) is 84.9 Å². The molecule has 0 aliphatic heterocycles. The second kappa shape index (κ2) is 9.68. The molecule has 0 saturated carbocycles. The summed E-state index contributed by atoms with van der Waals surface area (Å²) in [4.78, 5) is 23.0. The molecule has 6 aromatic carbocycles. The molecule has 0 spiro atoms. The first-order chi connectivity index (χ1) is 21.7. The fourth-order valence-electron chi connectivity index (χ4n) is 7.00. The van der Waals surface area contributed by atoms with Crippen molar-refractivity contribution >= 4 is 29.6 Å². The first-order valence-electron chi connectivity index (χ1n) is 15.0. The van der Waals surface area contributed by atoms with Crippen LogP contribution in [0.5, 0.6) is 0 Å². The van der Waals surface area contributed by atoms with E-state index in [1.165, 1.54) is 44.5 Å². The van der Waals surface area contributed by atoms with Crippen LogP contribution in [0.4, 0.5) is 11.4 Å². The highest BCUT2D eigenvalue weighted by molar-refractivity contribution is 6.22. The van der Waals surface area contributed by atoms with E-state index in [1.807, 2.05) is 48.8 Å². The highest BCUT2D eigenvalue weighted by Crippen LogP contribution is 2.41. The lowest BCUT2D eigenvalue weighted by Crippen LogP contribution is -1.94. The van der Waals surface area contributed by atoms with E-state index in [2.05, 4.69) is 84.9 Å². The molecule has 0 heterocycles. The maximum atomic E-state index is 13.5. The van der Waals surface area contributed by atoms with Crippen molar-refractivity contribution in [1.29, 1.82) is 0 Å². The zero-order chi connectivity index (χ0) is 29.2. The van der Waals surface area contributed by atoms with Gasteiger partial charge in [-0.15, -0.1) is 0 Å². The molecule has 0 fully saturated rings. The summed E-state index contributed by atoms with van der Waals surface area (Å²) in [5, 5.41) is 0. The minimum absolute atomic E-state index is 0.0229. The van der Waals surface area contributed by atoms with Crippen molar-refractivity contribution in [1.82, 2.24) is 0 Å². The van der Waals surface area contributed by atoms with Gasteiger partial charge >= 0.3 is 0 Å². The normalized spacial score (nSPS) is 13.6. The van der Waals surface area contributed by atoms with Crippen molar-refractivity contribution in [2.45, 2.75) is 12.8 Å². The summed E-state index contributed by atoms with van der Waals surface area (Å²) in [7, 11) is 0. The van der Waals surface area contributed by atoms with Gasteiger partial charge in [0.25, 0.3) is 0 Å². The number of carbonyl (C=O) groups is 1. The molecule has 9 rings (SSSR count). The third kappa shape index (κ3) is 4.01. The third-order valence-electron chi connectivity index (χ3n) is 9.15. The van der Waals surface area contributed by atoms with E-state index in [-0.39, 0.29) is 5.78 Å². The average molecular weight is 563 g/mol. The molecule has 0 unspecified atom stereocenters. The quantitative estimate of drug-likeness (QED) is 0.197. The van der Waals surface area contributed by atoms with E-state index in [0.29, 0.717) is 11.1 Å². The van der Waals surface area contributed by atoms with Gasteiger partial charge in [-0.2, -0.15) is 0 Å². The molecular formula is C41H26N2O. The second-order valence-corrected chi connectivity index (χ2v) is 11.8. The standard InChI is InChI=1S/C41H26N2O/c44-41-39-21-31(42-23-25-9-13-35-29(17-25)19-27-5-1-3-7-33(27)35)11-15-37(39)38-16-12-32(22-40(38)41)43-24-26-10-14-36-30(18-26)20-28-6-2-4-8-34(28)36/h1-18,21-24H,19-20H2. The molecule has 0 amide bonds. The lowest BCUT2D eigenvalue weighted by atomic mass is 10.0. The van der Waals surface area contributed by atoms with E-state index in [0.717, 1.165) is 46.5 Å². The van der Waals surface area contributed by atoms with Crippen LogP contribution in [0.3, 0.4) is 0 Å². The minimum Gasteiger partial charge on any atom is -0.289 e. The average Bonchev–Trinajstić information content (AvgIpc) is 3.71. The molecule has 0 saturated heterocycles. The lowest BCUT2D eigenvalue weighted by Gasteiger charge is -2.03. The Hall–Kier alpha value is -5.67. The number of benzene rings is 6. The van der Waals surface area contributed by atoms with Crippen molar-refractivity contribution < 1.29 is 4.79 Å². The third-order valence-corrected chi connectivity index (χ3v) is 9.15. The van der Waals surface area contributed by atoms with Crippen LogP contribution in [-0.4, -0.2) is 18.2 Å². The van der Waals surface area contributed by atoms with E-state index < -0.39 is 0 Å². The van der Waals surface area contributed by atoms with Crippen LogP contribution in [0.1, 0.15) is 49.3 Å². The molecule has 0 N–H and O–H groups in total. The van der Waals surface area contributed by atoms with Gasteiger partial charge in [0.15, 0.2) is 5.78 Å². The van der Waals surface area contributed by atoms with Crippen LogP contribution in [0.2, 0.25) is 0 Å². The highest BCUT2D eigenvalue weighted by Gasteiger charge is 2.27. The van der Waals surface area contributed by atoms with Gasteiger partial charge in [-0.3, -0.25) is 14.8 Å². The molecule has 3 heteroatoms. The Morgan fingerprint density at radius 2 is 0.841 bits per heavy atom. The van der Waals surface area contributed by atoms with E-state index in [9.17, 15) is 4.79 Å². The predicted octanol–water partition coefficient (Wildman–Crippen LogP) is 9.54. The second-order valence-electron chi connectivity index (χ2n) is 11.8. The zero-order valence-electron chi connectivity index (χ0n) is 23.9. The Balaban J connectivity index is 0.940. The molecule has 206 valence electrons. The van der Waals surface area contributed by atoms with E-state index in [4.69, 9.17) is 9.98 Å². The van der Waals surface area contributed by atoms with Crippen LogP contribution in [0.15, 0.2) is 131 Å². The number of hydrogen-bond donors (Lipinski definition) is 0. The van der Waals surface area contributed by atoms with Crippen LogP contribution < -0.4 is 0 Å². The molecule has 0 atom stereocenters. The number of aliphatic imine (C=N–C) groups is 2. The van der Waals surface area contributed by atoms with Gasteiger partial charge in [0.1, 0.15) is 0 Å². The summed E-state index contributed by atoms with van der Waals surface area (Å²) >= 11 is 0. The SMILES string of the molecule is O=C1c2cc(N=Cc3ccc4c(c3)Cc3ccccc3-4)ccc2-c2ccc(N=Cc3ccc4c(c3)Cc3ccccc3-4)cc21. The Morgan fingerprint density at radius 1 is 0.409 bits per heavy atom. The van der Waals surface area contributed by atoms with Gasteiger partial charge in [0, 0.05) is 23.6 Å². The Bertz CT molecular complexity index is 2100. The first-order valence-corrected chi connectivity index (χ1v) is 15.0. The Labute approximate surface area is 255 Å². The van der Waals surface area contributed by atoms with Crippen LogP contribution in [0.25, 0.3) is 33.4 Å². The zero-order valence-corrected chi connectivity index (χ0v) is 23.9. The molecule has 44 heavy (non-hydrogen) atoms. The van der Waals surface area contributed by atoms with Crippen molar-refractivity contribution in [2.75, 3.05) is 0 Å². The smallest absolute Gasteiger partial charge is 0.194 e. The minimum atomic E-state index is 0.0229. The summed E-state index contributed by atoms with van der Waals surface area (Å²) in [6, 6.07) is 42.0. The molecule has 3 aliphatic rings. The molecule has 0 radical (unpaired) electrons. The van der Waals surface area contributed by atoms with Gasteiger partial charge in [0.05, 0.1) is 11.4 Å². The molecule has 6 aromatic rings. The van der Waals surface area contributed by atoms with E-state index in [1.54, 1.807) is 0 Å². The number of nitrogens with zero attached hydrogens (tertiary/aromatic N) is 2. The summed E-state index contributed by atoms with van der Waals surface area (Å²) < 4.78 is 0. The summed E-state index contributed by atoms with van der Waals surface area (Å²) in [6.07, 6.45) is 5.68. The first kappa shape index (κ1) is 24.9. The van der Waals surface area contributed by atoms with Gasteiger partial charge < -0.3 is 0 Å². The number of ketones is 1. The summed E-state index contributed by atoms with van der Waals surface area (Å²) in [6.45, 7) is 0. The van der Waals surface area contributed by atoms with Crippen molar-refractivity contribution in [2.24, 2.45) is 9.98 Å². The van der Waals surface area contributed by atoms with Crippen LogP contribution >= 0.6 is 0 Å². The molecule has 0 aromatic heterocycles. The van der Waals surface area contributed by atoms with Crippen molar-refractivity contribution in [3.8, 4) is 33.4 Å². The number of fused-ring (bicyclic) bond motifs is 9. The maximum absolute atomic E-state index is 13.5. The number of carbonyl (C=O) groups excluding carboxylic acids is 1. The summed E-state index contributed by atoms with van der Waals surface area (Å²) in [5.41, 5.74) is 17.6. The lowest BCUT2D eigenvalue weighted by molar-refractivity contribution is 0.104. The molecule has 3 aliphatic carbocycles. The Morgan fingerprint density at radius 3 is 1.34 bits per heavy atom. The van der Waals surface area contributed by atoms with Gasteiger partial charge in [-0.05, 0) is 116 Å². The number of rotatable bonds is 4. The van der Waals surface area contributed by atoms with Crippen molar-refractivity contribution in [3.05, 3.63) is 166 Å².